The maximum atomic E-state index is 12.3. The number of amides is 1. The quantitative estimate of drug-likeness (QED) is 0.812. The van der Waals surface area contributed by atoms with Crippen molar-refractivity contribution in [2.45, 2.75) is 19.8 Å². The SMILES string of the molecule is CCN1CCC2(CC1)CN(C(=O)c1ccccc1)C2. The molecule has 2 heterocycles. The van der Waals surface area contributed by atoms with Crippen molar-refractivity contribution in [1.29, 1.82) is 0 Å². The third kappa shape index (κ3) is 2.39. The highest BCUT2D eigenvalue weighted by molar-refractivity contribution is 5.94. The first kappa shape index (κ1) is 12.7. The van der Waals surface area contributed by atoms with E-state index >= 15 is 0 Å². The minimum absolute atomic E-state index is 0.198. The summed E-state index contributed by atoms with van der Waals surface area (Å²) in [5.74, 6) is 0.198. The standard InChI is InChI=1S/C16H22N2O/c1-2-17-10-8-16(9-11-17)12-18(13-16)15(19)14-6-4-3-5-7-14/h3-7H,2,8-13H2,1H3. The second-order valence-corrected chi connectivity index (χ2v) is 5.96. The molecule has 102 valence electrons. The molecule has 0 radical (unpaired) electrons. The highest BCUT2D eigenvalue weighted by atomic mass is 16.2. The summed E-state index contributed by atoms with van der Waals surface area (Å²) < 4.78 is 0. The van der Waals surface area contributed by atoms with Crippen LogP contribution in [0.1, 0.15) is 30.1 Å². The molecular weight excluding hydrogens is 236 g/mol. The van der Waals surface area contributed by atoms with Gasteiger partial charge in [-0.05, 0) is 44.6 Å². The molecule has 19 heavy (non-hydrogen) atoms. The van der Waals surface area contributed by atoms with Crippen molar-refractivity contribution in [2.24, 2.45) is 5.41 Å². The predicted octanol–water partition coefficient (Wildman–Crippen LogP) is 2.24. The first-order chi connectivity index (χ1) is 9.22. The summed E-state index contributed by atoms with van der Waals surface area (Å²) in [6.45, 7) is 7.69. The van der Waals surface area contributed by atoms with Crippen LogP contribution in [0.3, 0.4) is 0 Å². The fourth-order valence-electron chi connectivity index (χ4n) is 3.33. The lowest BCUT2D eigenvalue weighted by molar-refractivity contribution is -0.0314. The van der Waals surface area contributed by atoms with Gasteiger partial charge >= 0.3 is 0 Å². The van der Waals surface area contributed by atoms with Crippen molar-refractivity contribution in [3.05, 3.63) is 35.9 Å². The Morgan fingerprint density at radius 1 is 1.16 bits per heavy atom. The molecule has 1 aromatic carbocycles. The number of hydrogen-bond acceptors (Lipinski definition) is 2. The van der Waals surface area contributed by atoms with Crippen molar-refractivity contribution >= 4 is 5.91 Å². The van der Waals surface area contributed by atoms with E-state index in [4.69, 9.17) is 0 Å². The number of nitrogens with zero attached hydrogens (tertiary/aromatic N) is 2. The zero-order valence-corrected chi connectivity index (χ0v) is 11.6. The molecule has 1 spiro atoms. The average molecular weight is 258 g/mol. The molecular formula is C16H22N2O. The molecule has 0 atom stereocenters. The van der Waals surface area contributed by atoms with Crippen LogP contribution in [0, 0.1) is 5.41 Å². The number of carbonyl (C=O) groups excluding carboxylic acids is 1. The number of rotatable bonds is 2. The van der Waals surface area contributed by atoms with E-state index in [0.717, 1.165) is 25.2 Å². The summed E-state index contributed by atoms with van der Waals surface area (Å²) in [6, 6.07) is 9.64. The van der Waals surface area contributed by atoms with Gasteiger partial charge in [-0.15, -0.1) is 0 Å². The molecule has 2 aliphatic rings. The molecule has 3 rings (SSSR count). The second kappa shape index (κ2) is 4.97. The van der Waals surface area contributed by atoms with Gasteiger partial charge in [0, 0.05) is 24.1 Å². The highest BCUT2D eigenvalue weighted by Crippen LogP contribution is 2.40. The molecule has 1 aromatic rings. The molecule has 0 aliphatic carbocycles. The number of piperidine rings is 1. The summed E-state index contributed by atoms with van der Waals surface area (Å²) in [5, 5.41) is 0. The van der Waals surface area contributed by atoms with Crippen molar-refractivity contribution in [2.75, 3.05) is 32.7 Å². The lowest BCUT2D eigenvalue weighted by Gasteiger charge is -2.54. The van der Waals surface area contributed by atoms with Crippen LogP contribution in [0.4, 0.5) is 0 Å². The van der Waals surface area contributed by atoms with Gasteiger partial charge < -0.3 is 9.80 Å². The maximum Gasteiger partial charge on any atom is 0.253 e. The lowest BCUT2D eigenvalue weighted by atomic mass is 9.72. The molecule has 3 nitrogen and oxygen atoms in total. The van der Waals surface area contributed by atoms with Gasteiger partial charge in [0.1, 0.15) is 0 Å². The maximum absolute atomic E-state index is 12.3. The van der Waals surface area contributed by atoms with Gasteiger partial charge in [0.25, 0.3) is 5.91 Å². The van der Waals surface area contributed by atoms with Gasteiger partial charge in [-0.3, -0.25) is 4.79 Å². The molecule has 0 bridgehead atoms. The Balaban J connectivity index is 1.57. The molecule has 0 saturated carbocycles. The van der Waals surface area contributed by atoms with Crippen molar-refractivity contribution in [1.82, 2.24) is 9.80 Å². The van der Waals surface area contributed by atoms with E-state index in [9.17, 15) is 4.79 Å². The first-order valence-corrected chi connectivity index (χ1v) is 7.29. The largest absolute Gasteiger partial charge is 0.337 e. The smallest absolute Gasteiger partial charge is 0.253 e. The molecule has 2 aliphatic heterocycles. The van der Waals surface area contributed by atoms with E-state index in [1.54, 1.807) is 0 Å². The topological polar surface area (TPSA) is 23.6 Å². The summed E-state index contributed by atoms with van der Waals surface area (Å²) in [7, 11) is 0. The summed E-state index contributed by atoms with van der Waals surface area (Å²) in [4.78, 5) is 16.8. The molecule has 2 fully saturated rings. The second-order valence-electron chi connectivity index (χ2n) is 5.96. The van der Waals surface area contributed by atoms with E-state index in [1.165, 1.54) is 25.9 Å². The minimum Gasteiger partial charge on any atom is -0.337 e. The third-order valence-corrected chi connectivity index (χ3v) is 4.72. The van der Waals surface area contributed by atoms with E-state index in [0.29, 0.717) is 5.41 Å². The van der Waals surface area contributed by atoms with Crippen LogP contribution in [0.25, 0.3) is 0 Å². The van der Waals surface area contributed by atoms with Crippen LogP contribution >= 0.6 is 0 Å². The van der Waals surface area contributed by atoms with Gasteiger partial charge in [-0.25, -0.2) is 0 Å². The van der Waals surface area contributed by atoms with Crippen LogP contribution in [-0.4, -0.2) is 48.4 Å². The van der Waals surface area contributed by atoms with Crippen molar-refractivity contribution in [3.8, 4) is 0 Å². The zero-order chi connectivity index (χ0) is 13.3. The Kier molecular flexibility index (Phi) is 3.31. The Morgan fingerprint density at radius 3 is 2.37 bits per heavy atom. The van der Waals surface area contributed by atoms with Crippen LogP contribution in [0.2, 0.25) is 0 Å². The van der Waals surface area contributed by atoms with Crippen molar-refractivity contribution < 1.29 is 4.79 Å². The third-order valence-electron chi connectivity index (χ3n) is 4.72. The van der Waals surface area contributed by atoms with E-state index in [-0.39, 0.29) is 5.91 Å². The van der Waals surface area contributed by atoms with Gasteiger partial charge in [0.15, 0.2) is 0 Å². The van der Waals surface area contributed by atoms with Gasteiger partial charge in [-0.1, -0.05) is 25.1 Å². The van der Waals surface area contributed by atoms with Gasteiger partial charge in [0.05, 0.1) is 0 Å². The van der Waals surface area contributed by atoms with E-state index in [1.807, 2.05) is 35.2 Å². The molecule has 1 amide bonds. The Labute approximate surface area is 115 Å². The highest BCUT2D eigenvalue weighted by Gasteiger charge is 2.46. The van der Waals surface area contributed by atoms with Gasteiger partial charge in [-0.2, -0.15) is 0 Å². The van der Waals surface area contributed by atoms with Crippen molar-refractivity contribution in [3.63, 3.8) is 0 Å². The van der Waals surface area contributed by atoms with Crippen LogP contribution in [0.15, 0.2) is 30.3 Å². The summed E-state index contributed by atoms with van der Waals surface area (Å²) >= 11 is 0. The predicted molar refractivity (Wildman–Crippen MR) is 76.1 cm³/mol. The van der Waals surface area contributed by atoms with Crippen LogP contribution < -0.4 is 0 Å². The Bertz CT molecular complexity index is 441. The van der Waals surface area contributed by atoms with Gasteiger partial charge in [0.2, 0.25) is 0 Å². The van der Waals surface area contributed by atoms with Crippen LogP contribution in [-0.2, 0) is 0 Å². The summed E-state index contributed by atoms with van der Waals surface area (Å²) in [5.41, 5.74) is 1.25. The fraction of sp³-hybridized carbons (Fsp3) is 0.562. The normalized spacial score (nSPS) is 22.3. The number of likely N-dealkylation sites (tertiary alicyclic amines) is 2. The van der Waals surface area contributed by atoms with Crippen LogP contribution in [0.5, 0.6) is 0 Å². The van der Waals surface area contributed by atoms with E-state index in [2.05, 4.69) is 11.8 Å². The van der Waals surface area contributed by atoms with E-state index < -0.39 is 0 Å². The monoisotopic (exact) mass is 258 g/mol. The fourth-order valence-corrected chi connectivity index (χ4v) is 3.33. The molecule has 0 unspecified atom stereocenters. The summed E-state index contributed by atoms with van der Waals surface area (Å²) in [6.07, 6.45) is 2.50. The lowest BCUT2D eigenvalue weighted by Crippen LogP contribution is -2.61. The Hall–Kier alpha value is -1.35. The first-order valence-electron chi connectivity index (χ1n) is 7.29. The number of hydrogen-bond donors (Lipinski definition) is 0. The average Bonchev–Trinajstić information content (AvgIpc) is 2.45. The number of carbonyl (C=O) groups is 1. The number of benzene rings is 1. The molecule has 2 saturated heterocycles. The Morgan fingerprint density at radius 2 is 1.79 bits per heavy atom. The minimum atomic E-state index is 0.198. The molecule has 0 N–H and O–H groups in total. The molecule has 0 aromatic heterocycles. The molecule has 3 heteroatoms. The zero-order valence-electron chi connectivity index (χ0n) is 11.6.